The van der Waals surface area contributed by atoms with E-state index in [4.69, 9.17) is 0 Å². The van der Waals surface area contributed by atoms with Gasteiger partial charge in [-0.2, -0.15) is 0 Å². The van der Waals surface area contributed by atoms with E-state index in [0.29, 0.717) is 29.4 Å². The molecule has 0 unspecified atom stereocenters. The van der Waals surface area contributed by atoms with E-state index in [1.807, 2.05) is 0 Å². The smallest absolute Gasteiger partial charge is 0.123 e. The van der Waals surface area contributed by atoms with Crippen LogP contribution in [0.15, 0.2) is 48.5 Å². The van der Waals surface area contributed by atoms with E-state index in [9.17, 15) is 20.4 Å². The Balaban J connectivity index is 0.000000335. The molecule has 0 saturated carbocycles. The monoisotopic (exact) mass is 863 g/mol. The largest absolute Gasteiger partial charge is 0.507 e. The fourth-order valence-corrected chi connectivity index (χ4v) is 8.02. The molecule has 0 aliphatic heterocycles. The fraction of sp³-hybridized carbons (Fsp3) is 0.593. The minimum atomic E-state index is -0.189. The first-order valence-corrected chi connectivity index (χ1v) is 23.4. The van der Waals surface area contributed by atoms with Crippen molar-refractivity contribution in [2.24, 2.45) is 0 Å². The zero-order valence-electron chi connectivity index (χ0n) is 44.7. The lowest BCUT2D eigenvalue weighted by Crippen LogP contribution is -2.19. The van der Waals surface area contributed by atoms with Crippen molar-refractivity contribution in [3.8, 4) is 23.0 Å². The zero-order chi connectivity index (χ0) is 49.2. The van der Waals surface area contributed by atoms with Gasteiger partial charge in [-0.1, -0.05) is 222 Å². The standard InChI is InChI=1S/C30H46O2.C29H44O2/c1-18(21-14-19(27(2,3)4)16-23(25(21)31)29(8,9)10)22-15-20(28(5,6)7)17-24(26(22)32)30(11,12)13;1-26(2,3)20-14-18(24(30)22(16-20)28(7,8)9)13-19-15-21(27(4,5)6)17-23(25(19)31)29(10,11)12/h14-18,31-32H,1-13H3;14-17,30-31H,13H2,1-12H3. The van der Waals surface area contributed by atoms with E-state index in [1.54, 1.807) is 0 Å². The molecule has 4 aromatic carbocycles. The van der Waals surface area contributed by atoms with Crippen molar-refractivity contribution in [3.63, 3.8) is 0 Å². The molecule has 4 heteroatoms. The minimum Gasteiger partial charge on any atom is -0.507 e. The topological polar surface area (TPSA) is 80.9 Å². The van der Waals surface area contributed by atoms with E-state index in [1.165, 1.54) is 22.3 Å². The Morgan fingerprint density at radius 2 is 0.508 bits per heavy atom. The molecule has 0 amide bonds. The number of phenolic OH excluding ortho intramolecular Hbond substituents is 4. The van der Waals surface area contributed by atoms with Gasteiger partial charge in [-0.3, -0.25) is 0 Å². The molecule has 4 rings (SSSR count). The van der Waals surface area contributed by atoms with Crippen LogP contribution in [0, 0.1) is 0 Å². The van der Waals surface area contributed by atoms with Crippen LogP contribution in [0.3, 0.4) is 0 Å². The van der Waals surface area contributed by atoms with Gasteiger partial charge in [0, 0.05) is 23.5 Å². The molecule has 0 radical (unpaired) electrons. The van der Waals surface area contributed by atoms with Crippen LogP contribution in [-0.4, -0.2) is 20.4 Å². The summed E-state index contributed by atoms with van der Waals surface area (Å²) >= 11 is 0. The summed E-state index contributed by atoms with van der Waals surface area (Å²) in [5.41, 5.74) is 11.2. The van der Waals surface area contributed by atoms with Crippen LogP contribution >= 0.6 is 0 Å². The number of hydrogen-bond acceptors (Lipinski definition) is 4. The van der Waals surface area contributed by atoms with Crippen LogP contribution < -0.4 is 0 Å². The Morgan fingerprint density at radius 1 is 0.302 bits per heavy atom. The molecule has 0 aliphatic rings. The van der Waals surface area contributed by atoms with E-state index in [2.05, 4.69) is 222 Å². The number of aromatic hydroxyl groups is 4. The van der Waals surface area contributed by atoms with Gasteiger partial charge in [0.2, 0.25) is 0 Å². The lowest BCUT2D eigenvalue weighted by molar-refractivity contribution is 0.427. The van der Waals surface area contributed by atoms with Crippen molar-refractivity contribution in [2.75, 3.05) is 0 Å². The van der Waals surface area contributed by atoms with Gasteiger partial charge in [0.05, 0.1) is 0 Å². The lowest BCUT2D eigenvalue weighted by atomic mass is 9.74. The molecule has 0 saturated heterocycles. The van der Waals surface area contributed by atoms with E-state index >= 15 is 0 Å². The number of hydrogen-bond donors (Lipinski definition) is 4. The Kier molecular flexibility index (Phi) is 14.8. The molecule has 0 bridgehead atoms. The molecule has 0 heterocycles. The summed E-state index contributed by atoms with van der Waals surface area (Å²) in [4.78, 5) is 0. The highest BCUT2D eigenvalue weighted by Crippen LogP contribution is 2.47. The van der Waals surface area contributed by atoms with Gasteiger partial charge < -0.3 is 20.4 Å². The van der Waals surface area contributed by atoms with Gasteiger partial charge in [0.15, 0.2) is 0 Å². The van der Waals surface area contributed by atoms with Crippen LogP contribution in [0.1, 0.15) is 246 Å². The Labute approximate surface area is 386 Å². The maximum atomic E-state index is 11.4. The van der Waals surface area contributed by atoms with Crippen molar-refractivity contribution < 1.29 is 20.4 Å². The van der Waals surface area contributed by atoms with Crippen molar-refractivity contribution in [1.82, 2.24) is 0 Å². The second-order valence-corrected chi connectivity index (χ2v) is 26.9. The molecule has 0 fully saturated rings. The molecule has 0 aliphatic carbocycles. The van der Waals surface area contributed by atoms with Crippen molar-refractivity contribution in [2.45, 2.75) is 229 Å². The average molecular weight is 863 g/mol. The van der Waals surface area contributed by atoms with Gasteiger partial charge in [-0.25, -0.2) is 0 Å². The van der Waals surface area contributed by atoms with Gasteiger partial charge in [-0.15, -0.1) is 0 Å². The summed E-state index contributed by atoms with van der Waals surface area (Å²) < 4.78 is 0. The van der Waals surface area contributed by atoms with Gasteiger partial charge in [0.1, 0.15) is 23.0 Å². The second kappa shape index (κ2) is 17.5. The Hall–Kier alpha value is -3.92. The van der Waals surface area contributed by atoms with Crippen LogP contribution in [0.2, 0.25) is 0 Å². The quantitative estimate of drug-likeness (QED) is 0.165. The van der Waals surface area contributed by atoms with E-state index in [-0.39, 0.29) is 49.2 Å². The second-order valence-electron chi connectivity index (χ2n) is 26.9. The SMILES string of the molecule is CC(C)(C)c1cc(Cc2cc(C(C)(C)C)cc(C(C)(C)C)c2O)c(O)c(C(C)(C)C)c1.CC(c1cc(C(C)(C)C)cc(C(C)(C)C)c1O)c1cc(C(C)(C)C)cc(C(C)(C)C)c1O. The normalized spacial score (nSPS) is 13.6. The molecule has 63 heavy (non-hydrogen) atoms. The zero-order valence-corrected chi connectivity index (χ0v) is 44.7. The summed E-state index contributed by atoms with van der Waals surface area (Å²) in [6, 6.07) is 17.1. The number of phenols is 4. The highest BCUT2D eigenvalue weighted by atomic mass is 16.3. The van der Waals surface area contributed by atoms with Gasteiger partial charge in [0.25, 0.3) is 0 Å². The Bertz CT molecular complexity index is 2100. The third-order valence-corrected chi connectivity index (χ3v) is 12.7. The van der Waals surface area contributed by atoms with Gasteiger partial charge >= 0.3 is 0 Å². The predicted molar refractivity (Wildman–Crippen MR) is 272 cm³/mol. The molecule has 4 N–H and O–H groups in total. The van der Waals surface area contributed by atoms with Crippen molar-refractivity contribution >= 4 is 0 Å². The van der Waals surface area contributed by atoms with Crippen LogP contribution in [0.25, 0.3) is 0 Å². The lowest BCUT2D eigenvalue weighted by Gasteiger charge is -2.31. The summed E-state index contributed by atoms with van der Waals surface area (Å²) in [7, 11) is 0. The van der Waals surface area contributed by atoms with Crippen LogP contribution in [-0.2, 0) is 49.7 Å². The fourth-order valence-electron chi connectivity index (χ4n) is 8.02. The van der Waals surface area contributed by atoms with Gasteiger partial charge in [-0.05, 0) is 99.0 Å². The summed E-state index contributed by atoms with van der Waals surface area (Å²) in [6.07, 6.45) is 0.498. The summed E-state index contributed by atoms with van der Waals surface area (Å²) in [6.45, 7) is 54.1. The highest BCUT2D eigenvalue weighted by Gasteiger charge is 2.32. The molecule has 4 nitrogen and oxygen atoms in total. The maximum absolute atomic E-state index is 11.4. The predicted octanol–water partition coefficient (Wildman–Crippen LogP) is 16.3. The minimum absolute atomic E-state index is 0.0334. The van der Waals surface area contributed by atoms with Crippen LogP contribution in [0.5, 0.6) is 23.0 Å². The Morgan fingerprint density at radius 3 is 0.714 bits per heavy atom. The molecular weight excluding hydrogens is 773 g/mol. The third-order valence-electron chi connectivity index (χ3n) is 12.7. The van der Waals surface area contributed by atoms with E-state index < -0.39 is 0 Å². The molecule has 0 aromatic heterocycles. The first-order valence-electron chi connectivity index (χ1n) is 23.4. The molecule has 0 atom stereocenters. The summed E-state index contributed by atoms with van der Waals surface area (Å²) in [5.74, 6) is 1.23. The molecular formula is C59H90O4. The average Bonchev–Trinajstić information content (AvgIpc) is 3.06. The molecule has 0 spiro atoms. The highest BCUT2D eigenvalue weighted by molar-refractivity contribution is 5.58. The first-order chi connectivity index (χ1) is 27.9. The van der Waals surface area contributed by atoms with Crippen molar-refractivity contribution in [1.29, 1.82) is 0 Å². The van der Waals surface area contributed by atoms with Crippen LogP contribution in [0.4, 0.5) is 0 Å². The molecule has 4 aromatic rings. The van der Waals surface area contributed by atoms with Crippen molar-refractivity contribution in [3.05, 3.63) is 115 Å². The molecule has 350 valence electrons. The maximum Gasteiger partial charge on any atom is 0.123 e. The third kappa shape index (κ3) is 12.7. The number of benzene rings is 4. The number of rotatable bonds is 4. The first kappa shape index (κ1) is 53.4. The van der Waals surface area contributed by atoms with E-state index in [0.717, 1.165) is 44.5 Å². The summed E-state index contributed by atoms with van der Waals surface area (Å²) in [5, 5.41) is 45.3.